The molecule has 0 atom stereocenters. The molecule has 0 saturated heterocycles. The van der Waals surface area contributed by atoms with E-state index in [0.29, 0.717) is 12.2 Å². The van der Waals surface area contributed by atoms with Crippen LogP contribution < -0.4 is 16.8 Å². The molecule has 0 aromatic heterocycles. The molecule has 5 N–H and O–H groups in total. The lowest BCUT2D eigenvalue weighted by molar-refractivity contribution is 0.0999. The van der Waals surface area contributed by atoms with Crippen molar-refractivity contribution in [3.63, 3.8) is 0 Å². The predicted octanol–water partition coefficient (Wildman–Crippen LogP) is 1.64. The number of amides is 2. The van der Waals surface area contributed by atoms with Gasteiger partial charge in [-0.3, -0.25) is 9.59 Å². The lowest BCUT2D eigenvalue weighted by Crippen LogP contribution is -2.16. The summed E-state index contributed by atoms with van der Waals surface area (Å²) in [5.74, 6) is -1.66. The Balaban J connectivity index is 2.23. The molecule has 0 unspecified atom stereocenters. The maximum atomic E-state index is 13.1. The van der Waals surface area contributed by atoms with Crippen LogP contribution in [0.25, 0.3) is 0 Å². The van der Waals surface area contributed by atoms with Gasteiger partial charge < -0.3 is 16.8 Å². The Hall–Kier alpha value is -2.89. The number of rotatable bonds is 5. The highest BCUT2D eigenvalue weighted by atomic mass is 19.1. The van der Waals surface area contributed by atoms with Crippen LogP contribution in [0, 0.1) is 5.82 Å². The third-order valence-electron chi connectivity index (χ3n) is 2.89. The fourth-order valence-corrected chi connectivity index (χ4v) is 1.87. The van der Waals surface area contributed by atoms with Crippen LogP contribution in [-0.4, -0.2) is 11.8 Å². The molecule has 0 aliphatic carbocycles. The second kappa shape index (κ2) is 6.04. The highest BCUT2D eigenvalue weighted by molar-refractivity contribution is 5.99. The quantitative estimate of drug-likeness (QED) is 0.779. The van der Waals surface area contributed by atoms with Gasteiger partial charge in [0.1, 0.15) is 5.82 Å². The molecule has 108 valence electrons. The Morgan fingerprint density at radius 3 is 2.14 bits per heavy atom. The molecule has 0 bridgehead atoms. The normalized spacial score (nSPS) is 10.1. The maximum Gasteiger partial charge on any atom is 0.248 e. The van der Waals surface area contributed by atoms with Crippen molar-refractivity contribution in [2.45, 2.75) is 6.54 Å². The summed E-state index contributed by atoms with van der Waals surface area (Å²) in [5.41, 5.74) is 12.0. The highest BCUT2D eigenvalue weighted by Crippen LogP contribution is 2.16. The molecule has 0 saturated carbocycles. The Morgan fingerprint density at radius 1 is 1.00 bits per heavy atom. The maximum absolute atomic E-state index is 13.1. The van der Waals surface area contributed by atoms with Gasteiger partial charge in [0.15, 0.2) is 0 Å². The summed E-state index contributed by atoms with van der Waals surface area (Å²) in [6.45, 7) is 0.332. The van der Waals surface area contributed by atoms with Crippen LogP contribution in [-0.2, 0) is 6.54 Å². The van der Waals surface area contributed by atoms with Gasteiger partial charge in [-0.15, -0.1) is 0 Å². The molecule has 2 rings (SSSR count). The minimum absolute atomic E-state index is 0.174. The van der Waals surface area contributed by atoms with Crippen molar-refractivity contribution >= 4 is 17.5 Å². The van der Waals surface area contributed by atoms with Crippen LogP contribution >= 0.6 is 0 Å². The van der Waals surface area contributed by atoms with E-state index in [1.54, 1.807) is 12.1 Å². The van der Waals surface area contributed by atoms with Crippen LogP contribution in [0.5, 0.6) is 0 Å². The average Bonchev–Trinajstić information content (AvgIpc) is 2.45. The van der Waals surface area contributed by atoms with Gasteiger partial charge in [0.25, 0.3) is 0 Å². The van der Waals surface area contributed by atoms with Gasteiger partial charge in [0.05, 0.1) is 0 Å². The van der Waals surface area contributed by atoms with E-state index in [9.17, 15) is 14.0 Å². The molecule has 0 aliphatic heterocycles. The largest absolute Gasteiger partial charge is 0.381 e. The van der Waals surface area contributed by atoms with Gasteiger partial charge >= 0.3 is 0 Å². The van der Waals surface area contributed by atoms with Gasteiger partial charge in [-0.1, -0.05) is 12.1 Å². The molecule has 2 amide bonds. The molecule has 2 aromatic carbocycles. The third-order valence-corrected chi connectivity index (χ3v) is 2.89. The van der Waals surface area contributed by atoms with Crippen molar-refractivity contribution in [1.82, 2.24) is 0 Å². The predicted molar refractivity (Wildman–Crippen MR) is 77.2 cm³/mol. The number of halogens is 1. The number of hydrogen-bond donors (Lipinski definition) is 3. The van der Waals surface area contributed by atoms with E-state index >= 15 is 0 Å². The van der Waals surface area contributed by atoms with Crippen molar-refractivity contribution < 1.29 is 14.0 Å². The van der Waals surface area contributed by atoms with Crippen LogP contribution in [0.3, 0.4) is 0 Å². The van der Waals surface area contributed by atoms with Gasteiger partial charge in [-0.2, -0.15) is 0 Å². The topological polar surface area (TPSA) is 98.2 Å². The second-order valence-electron chi connectivity index (χ2n) is 4.51. The fourth-order valence-electron chi connectivity index (χ4n) is 1.87. The van der Waals surface area contributed by atoms with E-state index in [1.807, 2.05) is 0 Å². The Morgan fingerprint density at radius 2 is 1.62 bits per heavy atom. The van der Waals surface area contributed by atoms with Gasteiger partial charge in [-0.25, -0.2) is 4.39 Å². The van der Waals surface area contributed by atoms with E-state index < -0.39 is 11.8 Å². The molecule has 2 aromatic rings. The van der Waals surface area contributed by atoms with Crippen molar-refractivity contribution in [2.24, 2.45) is 11.5 Å². The molecule has 0 heterocycles. The van der Waals surface area contributed by atoms with Crippen LogP contribution in [0.4, 0.5) is 10.1 Å². The summed E-state index contributed by atoms with van der Waals surface area (Å²) >= 11 is 0. The Labute approximate surface area is 120 Å². The first-order chi connectivity index (χ1) is 9.95. The second-order valence-corrected chi connectivity index (χ2v) is 4.51. The average molecular weight is 287 g/mol. The number of anilines is 1. The van der Waals surface area contributed by atoms with E-state index in [4.69, 9.17) is 11.5 Å². The molecule has 0 aliphatic rings. The minimum atomic E-state index is -0.660. The molecule has 0 radical (unpaired) electrons. The number of benzene rings is 2. The molecule has 21 heavy (non-hydrogen) atoms. The van der Waals surface area contributed by atoms with E-state index in [2.05, 4.69) is 5.32 Å². The van der Waals surface area contributed by atoms with E-state index in [-0.39, 0.29) is 16.9 Å². The lowest BCUT2D eigenvalue weighted by atomic mass is 10.1. The van der Waals surface area contributed by atoms with Crippen LogP contribution in [0.15, 0.2) is 42.5 Å². The minimum Gasteiger partial charge on any atom is -0.381 e. The molecule has 5 nitrogen and oxygen atoms in total. The SMILES string of the molecule is NC(=O)c1cc(NCc2cccc(F)c2)cc(C(N)=O)c1. The first-order valence-corrected chi connectivity index (χ1v) is 6.19. The summed E-state index contributed by atoms with van der Waals surface area (Å²) in [5, 5.41) is 3.00. The first kappa shape index (κ1) is 14.5. The highest BCUT2D eigenvalue weighted by Gasteiger charge is 2.09. The summed E-state index contributed by atoms with van der Waals surface area (Å²) in [6, 6.07) is 10.4. The summed E-state index contributed by atoms with van der Waals surface area (Å²) in [4.78, 5) is 22.5. The summed E-state index contributed by atoms with van der Waals surface area (Å²) in [7, 11) is 0. The zero-order valence-corrected chi connectivity index (χ0v) is 11.1. The number of nitrogens with one attached hydrogen (secondary N) is 1. The molecule has 0 spiro atoms. The van der Waals surface area contributed by atoms with E-state index in [1.165, 1.54) is 30.3 Å². The Bertz CT molecular complexity index is 669. The number of primary amides is 2. The number of carbonyl (C=O) groups is 2. The number of carbonyl (C=O) groups excluding carboxylic acids is 2. The zero-order valence-electron chi connectivity index (χ0n) is 11.1. The lowest BCUT2D eigenvalue weighted by Gasteiger charge is -2.09. The van der Waals surface area contributed by atoms with Crippen molar-refractivity contribution in [3.8, 4) is 0 Å². The van der Waals surface area contributed by atoms with Gasteiger partial charge in [0, 0.05) is 23.4 Å². The van der Waals surface area contributed by atoms with Crippen molar-refractivity contribution in [2.75, 3.05) is 5.32 Å². The fraction of sp³-hybridized carbons (Fsp3) is 0.0667. The molecular weight excluding hydrogens is 273 g/mol. The number of nitrogens with two attached hydrogens (primary N) is 2. The Kier molecular flexibility index (Phi) is 4.18. The van der Waals surface area contributed by atoms with Gasteiger partial charge in [0.2, 0.25) is 11.8 Å². The third kappa shape index (κ3) is 3.79. The van der Waals surface area contributed by atoms with E-state index in [0.717, 1.165) is 5.56 Å². The monoisotopic (exact) mass is 287 g/mol. The van der Waals surface area contributed by atoms with Crippen molar-refractivity contribution in [3.05, 3.63) is 65.0 Å². The molecule has 6 heteroatoms. The molecular formula is C15H14FN3O2. The smallest absolute Gasteiger partial charge is 0.248 e. The zero-order chi connectivity index (χ0) is 15.4. The first-order valence-electron chi connectivity index (χ1n) is 6.19. The van der Waals surface area contributed by atoms with Crippen LogP contribution in [0.2, 0.25) is 0 Å². The van der Waals surface area contributed by atoms with Crippen molar-refractivity contribution in [1.29, 1.82) is 0 Å². The van der Waals surface area contributed by atoms with Gasteiger partial charge in [-0.05, 0) is 35.9 Å². The van der Waals surface area contributed by atoms with Crippen LogP contribution in [0.1, 0.15) is 26.3 Å². The number of hydrogen-bond acceptors (Lipinski definition) is 3. The summed E-state index contributed by atoms with van der Waals surface area (Å²) < 4.78 is 13.1. The standard InChI is InChI=1S/C15H14FN3O2/c16-12-3-1-2-9(4-12)8-19-13-6-10(14(17)20)5-11(7-13)15(18)21/h1-7,19H,8H2,(H2,17,20)(H2,18,21). The molecule has 0 fully saturated rings. The summed E-state index contributed by atoms with van der Waals surface area (Å²) in [6.07, 6.45) is 0.